The molecule has 0 saturated carbocycles. The van der Waals surface area contributed by atoms with Gasteiger partial charge >= 0.3 is 0 Å². The first-order chi connectivity index (χ1) is 23.7. The summed E-state index contributed by atoms with van der Waals surface area (Å²) in [5, 5.41) is 0. The highest BCUT2D eigenvalue weighted by molar-refractivity contribution is 5.04. The van der Waals surface area contributed by atoms with Crippen LogP contribution in [0, 0.1) is 0 Å². The van der Waals surface area contributed by atoms with Gasteiger partial charge in [0.25, 0.3) is 0 Å². The Balaban J connectivity index is 2.18. The van der Waals surface area contributed by atoms with Gasteiger partial charge in [-0.3, -0.25) is 10.3 Å². The molecule has 0 aromatic carbocycles. The van der Waals surface area contributed by atoms with E-state index in [0.717, 1.165) is 25.7 Å². The average molecular weight is 667 g/mol. The first kappa shape index (κ1) is 44.4. The molecule has 1 atom stereocenters. The molecular formula is C45H82N2O. The molecular weight excluding hydrogens is 585 g/mol. The number of unbranched alkanes of at least 4 members (excludes halogenated alkanes) is 18. The minimum absolute atomic E-state index is 0.342. The van der Waals surface area contributed by atoms with Crippen molar-refractivity contribution < 1.29 is 4.84 Å². The van der Waals surface area contributed by atoms with Crippen molar-refractivity contribution >= 4 is 0 Å². The van der Waals surface area contributed by atoms with Crippen molar-refractivity contribution in [3.8, 4) is 0 Å². The fraction of sp³-hybridized carbons (Fsp3) is 0.778. The smallest absolute Gasteiger partial charge is 0.0853 e. The van der Waals surface area contributed by atoms with E-state index in [2.05, 4.69) is 93.0 Å². The van der Waals surface area contributed by atoms with Crippen molar-refractivity contribution in [1.82, 2.24) is 10.4 Å². The zero-order valence-corrected chi connectivity index (χ0v) is 32.7. The summed E-state index contributed by atoms with van der Waals surface area (Å²) in [5.74, 6) is 0. The molecule has 1 N–H and O–H groups in total. The van der Waals surface area contributed by atoms with Crippen LogP contribution in [0.2, 0.25) is 0 Å². The van der Waals surface area contributed by atoms with Crippen LogP contribution in [0.4, 0.5) is 0 Å². The molecule has 0 saturated heterocycles. The molecule has 1 aliphatic carbocycles. The number of nitrogens with one attached hydrogen (secondary N) is 1. The lowest BCUT2D eigenvalue weighted by molar-refractivity contribution is -0.0218. The third-order valence-corrected chi connectivity index (χ3v) is 9.92. The fourth-order valence-electron chi connectivity index (χ4n) is 6.52. The van der Waals surface area contributed by atoms with Crippen LogP contribution in [0.3, 0.4) is 0 Å². The molecule has 3 heteroatoms. The van der Waals surface area contributed by atoms with Crippen molar-refractivity contribution in [3.63, 3.8) is 0 Å². The molecule has 3 nitrogen and oxygen atoms in total. The summed E-state index contributed by atoms with van der Waals surface area (Å²) in [6, 6.07) is 0.669. The molecule has 0 spiro atoms. The molecule has 1 rings (SSSR count). The third kappa shape index (κ3) is 29.3. The topological polar surface area (TPSA) is 24.5 Å². The second-order valence-electron chi connectivity index (χ2n) is 14.7. The lowest BCUT2D eigenvalue weighted by Crippen LogP contribution is -2.32. The Hall–Kier alpha value is -1.58. The van der Waals surface area contributed by atoms with Crippen LogP contribution in [-0.4, -0.2) is 31.1 Å². The van der Waals surface area contributed by atoms with Crippen LogP contribution in [-0.2, 0) is 4.84 Å². The van der Waals surface area contributed by atoms with Crippen LogP contribution >= 0.6 is 0 Å². The maximum Gasteiger partial charge on any atom is 0.0853 e. The summed E-state index contributed by atoms with van der Waals surface area (Å²) < 4.78 is 0. The number of hydrogen-bond donors (Lipinski definition) is 1. The summed E-state index contributed by atoms with van der Waals surface area (Å²) in [6.07, 6.45) is 58.8. The highest BCUT2D eigenvalue weighted by Crippen LogP contribution is 2.21. The molecule has 0 amide bonds. The van der Waals surface area contributed by atoms with Gasteiger partial charge in [0.05, 0.1) is 6.10 Å². The van der Waals surface area contributed by atoms with E-state index in [0.29, 0.717) is 12.1 Å². The van der Waals surface area contributed by atoms with Gasteiger partial charge in [0.1, 0.15) is 0 Å². The first-order valence-electron chi connectivity index (χ1n) is 21.0. The second-order valence-corrected chi connectivity index (χ2v) is 14.7. The molecule has 0 radical (unpaired) electrons. The Bertz CT molecular complexity index is 775. The molecule has 0 aromatic heterocycles. The number of rotatable bonds is 34. The van der Waals surface area contributed by atoms with Crippen LogP contribution in [0.15, 0.2) is 60.4 Å². The summed E-state index contributed by atoms with van der Waals surface area (Å²) in [6.45, 7) is 4.54. The molecule has 48 heavy (non-hydrogen) atoms. The molecule has 1 unspecified atom stereocenters. The Kier molecular flexibility index (Phi) is 32.6. The van der Waals surface area contributed by atoms with E-state index in [4.69, 9.17) is 4.84 Å². The number of hydroxylamine groups is 1. The van der Waals surface area contributed by atoms with E-state index < -0.39 is 0 Å². The van der Waals surface area contributed by atoms with Crippen molar-refractivity contribution in [1.29, 1.82) is 0 Å². The van der Waals surface area contributed by atoms with Crippen LogP contribution in [0.25, 0.3) is 0 Å². The van der Waals surface area contributed by atoms with Gasteiger partial charge < -0.3 is 4.90 Å². The van der Waals surface area contributed by atoms with Crippen molar-refractivity contribution in [2.75, 3.05) is 14.1 Å². The van der Waals surface area contributed by atoms with Gasteiger partial charge in [-0.15, -0.1) is 0 Å². The van der Waals surface area contributed by atoms with Crippen molar-refractivity contribution in [2.45, 2.75) is 212 Å². The Morgan fingerprint density at radius 3 is 1.42 bits per heavy atom. The second kappa shape index (κ2) is 35.3. The maximum atomic E-state index is 6.37. The predicted octanol–water partition coefficient (Wildman–Crippen LogP) is 14.3. The zero-order chi connectivity index (χ0) is 34.6. The zero-order valence-electron chi connectivity index (χ0n) is 32.7. The van der Waals surface area contributed by atoms with E-state index in [1.54, 1.807) is 0 Å². The average Bonchev–Trinajstić information content (AvgIpc) is 3.10. The lowest BCUT2D eigenvalue weighted by Gasteiger charge is -2.28. The Morgan fingerprint density at radius 2 is 1.02 bits per heavy atom. The highest BCUT2D eigenvalue weighted by atomic mass is 16.7. The van der Waals surface area contributed by atoms with Crippen LogP contribution in [0.1, 0.15) is 200 Å². The summed E-state index contributed by atoms with van der Waals surface area (Å²) in [4.78, 5) is 8.72. The van der Waals surface area contributed by atoms with Crippen molar-refractivity contribution in [2.24, 2.45) is 0 Å². The Labute approximate surface area is 301 Å². The Morgan fingerprint density at radius 1 is 0.604 bits per heavy atom. The lowest BCUT2D eigenvalue weighted by atomic mass is 9.99. The van der Waals surface area contributed by atoms with Gasteiger partial charge in [0, 0.05) is 11.7 Å². The number of allylic oxidation sites excluding steroid dienone is 9. The SMILES string of the molecule is CCCCCC=CCC=CCCCCCCCCC(CCCCCCCCC=CCC=CCCCCC)ONC1=CCC(N(C)C)CC1. The van der Waals surface area contributed by atoms with Crippen molar-refractivity contribution in [3.05, 3.63) is 60.4 Å². The summed E-state index contributed by atoms with van der Waals surface area (Å²) in [5.41, 5.74) is 4.71. The molecule has 0 heterocycles. The molecule has 0 aliphatic heterocycles. The summed E-state index contributed by atoms with van der Waals surface area (Å²) >= 11 is 0. The largest absolute Gasteiger partial charge is 0.306 e. The van der Waals surface area contributed by atoms with E-state index >= 15 is 0 Å². The quantitative estimate of drug-likeness (QED) is 0.0420. The summed E-state index contributed by atoms with van der Waals surface area (Å²) in [7, 11) is 4.40. The van der Waals surface area contributed by atoms with Gasteiger partial charge in [-0.25, -0.2) is 0 Å². The normalized spacial score (nSPS) is 16.4. The fourth-order valence-corrected chi connectivity index (χ4v) is 6.52. The molecule has 0 bridgehead atoms. The minimum atomic E-state index is 0.342. The van der Waals surface area contributed by atoms with Gasteiger partial charge in [-0.1, -0.05) is 158 Å². The molecule has 1 aliphatic rings. The standard InChI is InChI=1S/C45H82N2O/c1-5-7-9-11-13-15-17-19-21-23-25-27-29-31-33-35-37-45(48-46-43-39-41-44(42-40-43)47(3)4)38-36-34-32-30-28-26-24-22-20-18-16-14-12-10-8-6-2/h13-16,19-22,39,44-46H,5-12,17-18,23-38,40-42H2,1-4H3. The third-order valence-electron chi connectivity index (χ3n) is 9.92. The van der Waals surface area contributed by atoms with Gasteiger partial charge in [-0.05, 0) is 110 Å². The van der Waals surface area contributed by atoms with E-state index in [1.807, 2.05) is 0 Å². The number of hydrogen-bond acceptors (Lipinski definition) is 3. The number of nitrogens with zero attached hydrogens (tertiary/aromatic N) is 1. The van der Waals surface area contributed by atoms with E-state index in [1.165, 1.54) is 166 Å². The van der Waals surface area contributed by atoms with Crippen LogP contribution in [0.5, 0.6) is 0 Å². The van der Waals surface area contributed by atoms with E-state index in [-0.39, 0.29) is 0 Å². The van der Waals surface area contributed by atoms with Gasteiger partial charge in [0.15, 0.2) is 0 Å². The van der Waals surface area contributed by atoms with Crippen LogP contribution < -0.4 is 5.48 Å². The van der Waals surface area contributed by atoms with Gasteiger partial charge in [0.2, 0.25) is 0 Å². The maximum absolute atomic E-state index is 6.37. The van der Waals surface area contributed by atoms with Gasteiger partial charge in [-0.2, -0.15) is 0 Å². The molecule has 278 valence electrons. The predicted molar refractivity (Wildman–Crippen MR) is 215 cm³/mol. The minimum Gasteiger partial charge on any atom is -0.306 e. The van der Waals surface area contributed by atoms with E-state index in [9.17, 15) is 0 Å². The first-order valence-corrected chi connectivity index (χ1v) is 21.0. The molecule has 0 fully saturated rings. The highest BCUT2D eigenvalue weighted by Gasteiger charge is 2.17. The monoisotopic (exact) mass is 667 g/mol. The molecule has 0 aromatic rings.